The molecule has 3 aliphatic rings. The van der Waals surface area contributed by atoms with Crippen molar-refractivity contribution >= 4 is 27.7 Å². The van der Waals surface area contributed by atoms with Gasteiger partial charge in [-0.05, 0) is 25.0 Å². The van der Waals surface area contributed by atoms with Crippen molar-refractivity contribution in [2.24, 2.45) is 11.8 Å². The maximum Gasteiger partial charge on any atom is 0.243 e. The van der Waals surface area contributed by atoms with Crippen molar-refractivity contribution in [3.05, 3.63) is 30.3 Å². The van der Waals surface area contributed by atoms with Crippen LogP contribution in [-0.2, 0) is 24.4 Å². The van der Waals surface area contributed by atoms with Gasteiger partial charge in [0.25, 0.3) is 0 Å². The average Bonchev–Trinajstić information content (AvgIpc) is 2.99. The Labute approximate surface area is 170 Å². The number of likely N-dealkylation sites (tertiary alicyclic amines) is 1. The summed E-state index contributed by atoms with van der Waals surface area (Å²) in [7, 11) is -3.59. The Morgan fingerprint density at radius 1 is 0.897 bits per heavy atom. The topological polar surface area (TPSA) is 95.1 Å². The van der Waals surface area contributed by atoms with Crippen LogP contribution in [0.15, 0.2) is 35.2 Å². The van der Waals surface area contributed by atoms with Gasteiger partial charge < -0.3 is 4.90 Å². The molecule has 2 atom stereocenters. The zero-order chi connectivity index (χ0) is 20.6. The number of fused-ring (bicyclic) bond motifs is 1. The monoisotopic (exact) mass is 419 g/mol. The summed E-state index contributed by atoms with van der Waals surface area (Å²) in [6, 6.07) is 8.21. The van der Waals surface area contributed by atoms with E-state index >= 15 is 0 Å². The quantitative estimate of drug-likeness (QED) is 0.670. The van der Waals surface area contributed by atoms with E-state index in [0.29, 0.717) is 0 Å². The summed E-state index contributed by atoms with van der Waals surface area (Å²) in [6.45, 7) is 0.629. The van der Waals surface area contributed by atoms with Crippen molar-refractivity contribution < 1.29 is 22.8 Å². The number of benzene rings is 1. The van der Waals surface area contributed by atoms with Gasteiger partial charge in [0.2, 0.25) is 27.7 Å². The first-order chi connectivity index (χ1) is 13.9. The van der Waals surface area contributed by atoms with E-state index in [1.54, 1.807) is 35.2 Å². The molecule has 1 aromatic rings. The van der Waals surface area contributed by atoms with Crippen molar-refractivity contribution in [1.29, 1.82) is 0 Å². The van der Waals surface area contributed by atoms with Crippen molar-refractivity contribution in [3.63, 3.8) is 0 Å². The molecule has 1 saturated carbocycles. The fourth-order valence-electron chi connectivity index (χ4n) is 4.54. The smallest absolute Gasteiger partial charge is 0.243 e. The largest absolute Gasteiger partial charge is 0.338 e. The molecule has 0 radical (unpaired) electrons. The zero-order valence-electron chi connectivity index (χ0n) is 16.2. The number of rotatable bonds is 4. The van der Waals surface area contributed by atoms with Gasteiger partial charge >= 0.3 is 0 Å². The average molecular weight is 420 g/mol. The SMILES string of the molecule is O=C(CN1C(=O)[C@@H]2CCCC[C@H]2C1=O)N1CCN(S(=O)(=O)c2ccccc2)CC1. The van der Waals surface area contributed by atoms with E-state index in [9.17, 15) is 22.8 Å². The van der Waals surface area contributed by atoms with Crippen LogP contribution in [0.5, 0.6) is 0 Å². The minimum absolute atomic E-state index is 0.191. The normalized spacial score (nSPS) is 25.9. The molecule has 29 heavy (non-hydrogen) atoms. The van der Waals surface area contributed by atoms with Gasteiger partial charge in [0.1, 0.15) is 6.54 Å². The third kappa shape index (κ3) is 3.69. The molecule has 4 rings (SSSR count). The van der Waals surface area contributed by atoms with Gasteiger partial charge in [-0.15, -0.1) is 0 Å². The van der Waals surface area contributed by atoms with Crippen LogP contribution in [-0.4, -0.2) is 73.0 Å². The lowest BCUT2D eigenvalue weighted by Gasteiger charge is -2.34. The Morgan fingerprint density at radius 2 is 1.45 bits per heavy atom. The van der Waals surface area contributed by atoms with Gasteiger partial charge in [0.05, 0.1) is 16.7 Å². The van der Waals surface area contributed by atoms with Gasteiger partial charge in [-0.1, -0.05) is 31.0 Å². The van der Waals surface area contributed by atoms with E-state index in [1.165, 1.54) is 4.31 Å². The number of imide groups is 1. The van der Waals surface area contributed by atoms with E-state index in [4.69, 9.17) is 0 Å². The van der Waals surface area contributed by atoms with Gasteiger partial charge in [0.15, 0.2) is 0 Å². The molecule has 8 nitrogen and oxygen atoms in total. The second-order valence-electron chi connectivity index (χ2n) is 7.86. The van der Waals surface area contributed by atoms with Gasteiger partial charge in [0, 0.05) is 26.2 Å². The molecule has 3 fully saturated rings. The summed E-state index contributed by atoms with van der Waals surface area (Å²) in [5, 5.41) is 0. The molecule has 2 aliphatic heterocycles. The highest BCUT2D eigenvalue weighted by atomic mass is 32.2. The van der Waals surface area contributed by atoms with Crippen molar-refractivity contribution in [2.45, 2.75) is 30.6 Å². The maximum atomic E-state index is 12.7. The summed E-state index contributed by atoms with van der Waals surface area (Å²) >= 11 is 0. The second kappa shape index (κ2) is 7.87. The standard InChI is InChI=1S/C20H25N3O5S/c24-18(14-23-19(25)16-8-4-5-9-17(16)20(23)26)21-10-12-22(13-11-21)29(27,28)15-6-2-1-3-7-15/h1-3,6-7,16-17H,4-5,8-14H2/t16-,17-/m1/s1. The molecular weight excluding hydrogens is 394 g/mol. The Bertz CT molecular complexity index is 885. The molecule has 1 aromatic carbocycles. The molecule has 2 heterocycles. The minimum Gasteiger partial charge on any atom is -0.338 e. The maximum absolute atomic E-state index is 12.7. The van der Waals surface area contributed by atoms with E-state index in [2.05, 4.69) is 0 Å². The van der Waals surface area contributed by atoms with Crippen molar-refractivity contribution in [1.82, 2.24) is 14.1 Å². The predicted octanol–water partition coefficient (Wildman–Crippen LogP) is 0.695. The van der Waals surface area contributed by atoms with E-state index in [-0.39, 0.29) is 67.2 Å². The molecule has 0 spiro atoms. The molecule has 1 aliphatic carbocycles. The van der Waals surface area contributed by atoms with Gasteiger partial charge in [-0.25, -0.2) is 8.42 Å². The van der Waals surface area contributed by atoms with E-state index in [1.807, 2.05) is 0 Å². The van der Waals surface area contributed by atoms with Crippen LogP contribution in [0.1, 0.15) is 25.7 Å². The number of sulfonamides is 1. The Kier molecular flexibility index (Phi) is 5.44. The molecular formula is C20H25N3O5S. The molecule has 0 aromatic heterocycles. The lowest BCUT2D eigenvalue weighted by molar-refractivity contribution is -0.147. The van der Waals surface area contributed by atoms with Crippen molar-refractivity contribution in [2.75, 3.05) is 32.7 Å². The highest BCUT2D eigenvalue weighted by molar-refractivity contribution is 7.89. The minimum atomic E-state index is -3.59. The lowest BCUT2D eigenvalue weighted by Crippen LogP contribution is -2.53. The molecule has 0 N–H and O–H groups in total. The summed E-state index contributed by atoms with van der Waals surface area (Å²) < 4.78 is 26.8. The first kappa shape index (κ1) is 20.0. The molecule has 9 heteroatoms. The van der Waals surface area contributed by atoms with Crippen LogP contribution < -0.4 is 0 Å². The van der Waals surface area contributed by atoms with Gasteiger partial charge in [-0.2, -0.15) is 4.31 Å². The number of hydrogen-bond donors (Lipinski definition) is 0. The number of carbonyl (C=O) groups excluding carboxylic acids is 3. The fraction of sp³-hybridized carbons (Fsp3) is 0.550. The second-order valence-corrected chi connectivity index (χ2v) is 9.80. The van der Waals surface area contributed by atoms with Crippen LogP contribution in [0.3, 0.4) is 0 Å². The first-order valence-corrected chi connectivity index (χ1v) is 11.5. The Morgan fingerprint density at radius 3 is 2.00 bits per heavy atom. The Hall–Kier alpha value is -2.26. The lowest BCUT2D eigenvalue weighted by atomic mass is 9.81. The zero-order valence-corrected chi connectivity index (χ0v) is 17.0. The highest BCUT2D eigenvalue weighted by Crippen LogP contribution is 2.37. The van der Waals surface area contributed by atoms with Gasteiger partial charge in [-0.3, -0.25) is 19.3 Å². The molecule has 0 unspecified atom stereocenters. The summed E-state index contributed by atoms with van der Waals surface area (Å²) in [6.07, 6.45) is 3.32. The number of nitrogens with zero attached hydrogens (tertiary/aromatic N) is 3. The van der Waals surface area contributed by atoms with Crippen molar-refractivity contribution in [3.8, 4) is 0 Å². The number of carbonyl (C=O) groups is 3. The number of piperazine rings is 1. The van der Waals surface area contributed by atoms with E-state index in [0.717, 1.165) is 30.6 Å². The highest BCUT2D eigenvalue weighted by Gasteiger charge is 2.48. The number of amides is 3. The van der Waals surface area contributed by atoms with Crippen LogP contribution in [0.4, 0.5) is 0 Å². The third-order valence-corrected chi connectivity index (χ3v) is 8.11. The number of hydrogen-bond acceptors (Lipinski definition) is 5. The predicted molar refractivity (Wildman–Crippen MR) is 104 cm³/mol. The molecule has 3 amide bonds. The van der Waals surface area contributed by atoms with Crippen LogP contribution in [0.2, 0.25) is 0 Å². The Balaban J connectivity index is 1.36. The van der Waals surface area contributed by atoms with Crippen LogP contribution in [0, 0.1) is 11.8 Å². The van der Waals surface area contributed by atoms with Crippen LogP contribution in [0.25, 0.3) is 0 Å². The third-order valence-electron chi connectivity index (χ3n) is 6.20. The molecule has 156 valence electrons. The van der Waals surface area contributed by atoms with E-state index < -0.39 is 10.0 Å². The summed E-state index contributed by atoms with van der Waals surface area (Å²) in [4.78, 5) is 40.7. The fourth-order valence-corrected chi connectivity index (χ4v) is 5.98. The summed E-state index contributed by atoms with van der Waals surface area (Å²) in [5.74, 6) is -1.28. The first-order valence-electron chi connectivity index (χ1n) is 10.1. The summed E-state index contributed by atoms with van der Waals surface area (Å²) in [5.41, 5.74) is 0. The van der Waals surface area contributed by atoms with Crippen LogP contribution >= 0.6 is 0 Å². The molecule has 0 bridgehead atoms. The molecule has 2 saturated heterocycles.